The number of fused-ring (bicyclic) bond motifs is 3. The molecule has 1 amide bonds. The molecule has 1 N–H and O–H groups in total. The number of carboxylic acids is 1. The molecule has 1 saturated heterocycles. The van der Waals surface area contributed by atoms with Gasteiger partial charge in [-0.3, -0.25) is 4.79 Å². The SMILES string of the molecule is O=C(Oc1cccc2c1Cc1ccccc1-2)N1CCCC(Cc2ccccc2)(C(=O)O)C1. The number of benzene rings is 3. The van der Waals surface area contributed by atoms with E-state index >= 15 is 0 Å². The topological polar surface area (TPSA) is 66.8 Å². The fraction of sp³-hybridized carbons (Fsp3) is 0.259. The van der Waals surface area contributed by atoms with E-state index in [1.165, 1.54) is 11.1 Å². The number of amides is 1. The Morgan fingerprint density at radius 2 is 1.69 bits per heavy atom. The first-order valence-electron chi connectivity index (χ1n) is 11.0. The average molecular weight is 428 g/mol. The number of likely N-dealkylation sites (tertiary alicyclic amines) is 1. The molecule has 0 spiro atoms. The van der Waals surface area contributed by atoms with E-state index in [9.17, 15) is 14.7 Å². The van der Waals surface area contributed by atoms with Crippen molar-refractivity contribution in [3.63, 3.8) is 0 Å². The predicted molar refractivity (Wildman–Crippen MR) is 122 cm³/mol. The first-order chi connectivity index (χ1) is 15.6. The van der Waals surface area contributed by atoms with Crippen molar-refractivity contribution in [1.82, 2.24) is 4.90 Å². The number of nitrogens with zero attached hydrogens (tertiary/aromatic N) is 1. The van der Waals surface area contributed by atoms with E-state index in [1.807, 2.05) is 54.6 Å². The number of aliphatic carboxylic acids is 1. The number of rotatable bonds is 4. The zero-order valence-corrected chi connectivity index (χ0v) is 17.8. The summed E-state index contributed by atoms with van der Waals surface area (Å²) in [4.78, 5) is 27.0. The third kappa shape index (κ3) is 3.64. The van der Waals surface area contributed by atoms with Crippen molar-refractivity contribution in [3.05, 3.63) is 89.5 Å². The highest BCUT2D eigenvalue weighted by atomic mass is 16.6. The van der Waals surface area contributed by atoms with Crippen LogP contribution >= 0.6 is 0 Å². The normalized spacial score (nSPS) is 19.2. The molecule has 2 aliphatic rings. The molecule has 1 aliphatic heterocycles. The van der Waals surface area contributed by atoms with Gasteiger partial charge in [0.2, 0.25) is 0 Å². The molecular formula is C27H25NO4. The van der Waals surface area contributed by atoms with Gasteiger partial charge in [0, 0.05) is 25.1 Å². The molecule has 32 heavy (non-hydrogen) atoms. The third-order valence-corrected chi connectivity index (χ3v) is 6.68. The van der Waals surface area contributed by atoms with Crippen LogP contribution in [-0.4, -0.2) is 35.2 Å². The summed E-state index contributed by atoms with van der Waals surface area (Å²) in [5.41, 5.74) is 4.45. The highest BCUT2D eigenvalue weighted by molar-refractivity contribution is 5.81. The lowest BCUT2D eigenvalue weighted by Crippen LogP contribution is -2.51. The van der Waals surface area contributed by atoms with Crippen LogP contribution < -0.4 is 4.74 Å². The average Bonchev–Trinajstić information content (AvgIpc) is 3.20. The molecule has 3 aromatic carbocycles. The number of carboxylic acid groups (broad SMARTS) is 1. The van der Waals surface area contributed by atoms with E-state index in [0.29, 0.717) is 31.6 Å². The Hall–Kier alpha value is -3.60. The molecule has 1 unspecified atom stereocenters. The van der Waals surface area contributed by atoms with Crippen molar-refractivity contribution < 1.29 is 19.4 Å². The molecule has 1 heterocycles. The number of carbonyl (C=O) groups is 2. The molecule has 1 fully saturated rings. The lowest BCUT2D eigenvalue weighted by molar-refractivity contribution is -0.151. The maximum atomic E-state index is 13.1. The van der Waals surface area contributed by atoms with Crippen molar-refractivity contribution in [2.45, 2.75) is 25.7 Å². The highest BCUT2D eigenvalue weighted by Gasteiger charge is 2.44. The maximum absolute atomic E-state index is 13.1. The minimum Gasteiger partial charge on any atom is -0.481 e. The van der Waals surface area contributed by atoms with Crippen LogP contribution in [0.3, 0.4) is 0 Å². The number of hydrogen-bond donors (Lipinski definition) is 1. The summed E-state index contributed by atoms with van der Waals surface area (Å²) in [6.45, 7) is 0.642. The molecule has 5 nitrogen and oxygen atoms in total. The molecular weight excluding hydrogens is 402 g/mol. The van der Waals surface area contributed by atoms with Crippen LogP contribution in [0.4, 0.5) is 4.79 Å². The second kappa shape index (κ2) is 8.15. The smallest absolute Gasteiger partial charge is 0.415 e. The third-order valence-electron chi connectivity index (χ3n) is 6.68. The van der Waals surface area contributed by atoms with Crippen molar-refractivity contribution in [2.24, 2.45) is 5.41 Å². The first kappa shape index (κ1) is 20.3. The van der Waals surface area contributed by atoms with Crippen LogP contribution in [0.15, 0.2) is 72.8 Å². The predicted octanol–water partition coefficient (Wildman–Crippen LogP) is 5.17. The van der Waals surface area contributed by atoms with Crippen LogP contribution in [0.25, 0.3) is 11.1 Å². The van der Waals surface area contributed by atoms with Gasteiger partial charge in [0.15, 0.2) is 0 Å². The van der Waals surface area contributed by atoms with Crippen LogP contribution in [0.5, 0.6) is 5.75 Å². The Labute approximate surface area is 187 Å². The van der Waals surface area contributed by atoms with Crippen LogP contribution in [-0.2, 0) is 17.6 Å². The quantitative estimate of drug-likeness (QED) is 0.488. The molecule has 5 rings (SSSR count). The van der Waals surface area contributed by atoms with Gasteiger partial charge in [0.05, 0.1) is 5.41 Å². The van der Waals surface area contributed by atoms with Crippen molar-refractivity contribution >= 4 is 12.1 Å². The Kier molecular flexibility index (Phi) is 5.17. The van der Waals surface area contributed by atoms with Crippen LogP contribution in [0, 0.1) is 5.41 Å². The summed E-state index contributed by atoms with van der Waals surface area (Å²) in [5.74, 6) is -0.312. The molecule has 0 aromatic heterocycles. The fourth-order valence-corrected chi connectivity index (χ4v) is 5.05. The Bertz CT molecular complexity index is 1170. The standard InChI is InChI=1S/C27H25NO4/c29-25(30)27(17-19-8-2-1-3-9-19)14-7-15-28(18-27)26(31)32-24-13-6-12-22-21-11-5-4-10-20(21)16-23(22)24/h1-6,8-13H,7,14-18H2,(H,29,30). The second-order valence-corrected chi connectivity index (χ2v) is 8.76. The van der Waals surface area contributed by atoms with Crippen molar-refractivity contribution in [3.8, 4) is 16.9 Å². The van der Waals surface area contributed by atoms with Crippen molar-refractivity contribution in [1.29, 1.82) is 0 Å². The Morgan fingerprint density at radius 3 is 2.50 bits per heavy atom. The minimum absolute atomic E-state index is 0.144. The van der Waals surface area contributed by atoms with Crippen LogP contribution in [0.2, 0.25) is 0 Å². The number of hydrogen-bond acceptors (Lipinski definition) is 3. The monoisotopic (exact) mass is 427 g/mol. The van der Waals surface area contributed by atoms with Gasteiger partial charge in [-0.25, -0.2) is 4.79 Å². The van der Waals surface area contributed by atoms with Gasteiger partial charge in [-0.2, -0.15) is 0 Å². The summed E-state index contributed by atoms with van der Waals surface area (Å²) in [6, 6.07) is 23.6. The van der Waals surface area contributed by atoms with E-state index < -0.39 is 17.5 Å². The molecule has 162 valence electrons. The summed E-state index contributed by atoms with van der Waals surface area (Å²) in [5, 5.41) is 10.1. The minimum atomic E-state index is -1.01. The van der Waals surface area contributed by atoms with E-state index in [1.54, 1.807) is 4.90 Å². The summed E-state index contributed by atoms with van der Waals surface area (Å²) in [7, 11) is 0. The van der Waals surface area contributed by atoms with E-state index in [2.05, 4.69) is 18.2 Å². The van der Waals surface area contributed by atoms with Gasteiger partial charge in [-0.05, 0) is 47.6 Å². The molecule has 1 atom stereocenters. The second-order valence-electron chi connectivity index (χ2n) is 8.76. The van der Waals surface area contributed by atoms with Crippen molar-refractivity contribution in [2.75, 3.05) is 13.1 Å². The Balaban J connectivity index is 1.36. The van der Waals surface area contributed by atoms with Gasteiger partial charge < -0.3 is 14.7 Å². The molecule has 0 saturated carbocycles. The van der Waals surface area contributed by atoms with E-state index in [4.69, 9.17) is 4.74 Å². The van der Waals surface area contributed by atoms with Gasteiger partial charge in [-0.1, -0.05) is 66.7 Å². The Morgan fingerprint density at radius 1 is 0.938 bits per heavy atom. The molecule has 0 bridgehead atoms. The molecule has 3 aromatic rings. The number of ether oxygens (including phenoxy) is 1. The molecule has 5 heteroatoms. The zero-order valence-electron chi connectivity index (χ0n) is 17.8. The van der Waals surface area contributed by atoms with Crippen LogP contribution in [0.1, 0.15) is 29.5 Å². The van der Waals surface area contributed by atoms with Gasteiger partial charge in [0.25, 0.3) is 0 Å². The zero-order chi connectivity index (χ0) is 22.1. The summed E-state index contributed by atoms with van der Waals surface area (Å²) >= 11 is 0. The number of carbonyl (C=O) groups excluding carboxylic acids is 1. The molecule has 0 radical (unpaired) electrons. The van der Waals surface area contributed by atoms with Gasteiger partial charge in [0.1, 0.15) is 5.75 Å². The summed E-state index contributed by atoms with van der Waals surface area (Å²) in [6.07, 6.45) is 1.81. The molecule has 1 aliphatic carbocycles. The van der Waals surface area contributed by atoms with E-state index in [0.717, 1.165) is 23.1 Å². The summed E-state index contributed by atoms with van der Waals surface area (Å²) < 4.78 is 5.85. The highest BCUT2D eigenvalue weighted by Crippen LogP contribution is 2.41. The van der Waals surface area contributed by atoms with Gasteiger partial charge >= 0.3 is 12.1 Å². The first-order valence-corrected chi connectivity index (χ1v) is 11.0. The largest absolute Gasteiger partial charge is 0.481 e. The lowest BCUT2D eigenvalue weighted by atomic mass is 9.75. The van der Waals surface area contributed by atoms with E-state index in [-0.39, 0.29) is 6.54 Å². The van der Waals surface area contributed by atoms with Gasteiger partial charge in [-0.15, -0.1) is 0 Å². The lowest BCUT2D eigenvalue weighted by Gasteiger charge is -2.39. The fourth-order valence-electron chi connectivity index (χ4n) is 5.05. The maximum Gasteiger partial charge on any atom is 0.415 e. The number of piperidine rings is 1.